The lowest BCUT2D eigenvalue weighted by molar-refractivity contribution is 0.402. The molecule has 0 spiro atoms. The molecule has 25 heavy (non-hydrogen) atoms. The summed E-state index contributed by atoms with van der Waals surface area (Å²) in [6.45, 7) is 0. The van der Waals surface area contributed by atoms with Crippen molar-refractivity contribution < 1.29 is 4.74 Å². The molecule has 4 aromatic heterocycles. The van der Waals surface area contributed by atoms with Gasteiger partial charge in [-0.1, -0.05) is 0 Å². The Balaban J connectivity index is 2.04. The molecule has 4 aromatic rings. The van der Waals surface area contributed by atoms with E-state index in [2.05, 4.69) is 39.9 Å². The van der Waals surface area contributed by atoms with Crippen LogP contribution in [0.1, 0.15) is 0 Å². The number of nitrogens with zero attached hydrogens (tertiary/aromatic N) is 11. The van der Waals surface area contributed by atoms with E-state index in [-0.39, 0.29) is 29.1 Å². The summed E-state index contributed by atoms with van der Waals surface area (Å²) in [5.74, 6) is 0.182. The van der Waals surface area contributed by atoms with E-state index >= 15 is 0 Å². The highest BCUT2D eigenvalue weighted by Gasteiger charge is 2.17. The number of azide groups is 1. The average molecular weight is 339 g/mol. The Morgan fingerprint density at radius 1 is 1.00 bits per heavy atom. The smallest absolute Gasteiger partial charge is 0.247 e. The minimum Gasteiger partial charge on any atom is -0.479 e. The number of nitrogens with two attached hydrogens (primary N) is 2. The maximum atomic E-state index is 8.65. The largest absolute Gasteiger partial charge is 0.479 e. The van der Waals surface area contributed by atoms with Crippen LogP contribution in [0.15, 0.2) is 17.8 Å². The van der Waals surface area contributed by atoms with Crippen LogP contribution in [0.5, 0.6) is 5.88 Å². The fourth-order valence-electron chi connectivity index (χ4n) is 2.34. The van der Waals surface area contributed by atoms with Crippen molar-refractivity contribution in [3.63, 3.8) is 0 Å². The van der Waals surface area contributed by atoms with Gasteiger partial charge in [-0.2, -0.15) is 15.0 Å². The van der Waals surface area contributed by atoms with Crippen LogP contribution in [0.2, 0.25) is 0 Å². The highest BCUT2D eigenvalue weighted by Crippen LogP contribution is 2.25. The molecule has 124 valence electrons. The van der Waals surface area contributed by atoms with E-state index in [9.17, 15) is 0 Å². The van der Waals surface area contributed by atoms with Gasteiger partial charge in [0, 0.05) is 4.91 Å². The molecule has 0 aromatic carbocycles. The molecule has 0 atom stereocenters. The summed E-state index contributed by atoms with van der Waals surface area (Å²) in [5.41, 5.74) is 21.4. The summed E-state index contributed by atoms with van der Waals surface area (Å²) in [7, 11) is 1.45. The molecule has 14 nitrogen and oxygen atoms in total. The first-order valence-electron chi connectivity index (χ1n) is 6.73. The van der Waals surface area contributed by atoms with Crippen LogP contribution < -0.4 is 16.2 Å². The van der Waals surface area contributed by atoms with Crippen molar-refractivity contribution in [2.75, 3.05) is 18.6 Å². The Morgan fingerprint density at radius 2 is 1.60 bits per heavy atom. The summed E-state index contributed by atoms with van der Waals surface area (Å²) in [4.78, 5) is 27.3. The molecule has 0 saturated heterocycles. The summed E-state index contributed by atoms with van der Waals surface area (Å²) in [6.07, 6.45) is 2.90. The Labute approximate surface area is 137 Å². The molecule has 4 heterocycles. The number of fused-ring (bicyclic) bond motifs is 2. The molecular weight excluding hydrogens is 330 g/mol. The van der Waals surface area contributed by atoms with Gasteiger partial charge in [0.05, 0.1) is 7.11 Å². The third-order valence-corrected chi connectivity index (χ3v) is 3.31. The fraction of sp³-hybridized carbons (Fsp3) is 0.0909. The van der Waals surface area contributed by atoms with E-state index in [1.807, 2.05) is 0 Å². The van der Waals surface area contributed by atoms with Gasteiger partial charge >= 0.3 is 0 Å². The molecule has 0 aliphatic rings. The molecule has 0 fully saturated rings. The third kappa shape index (κ3) is 2.09. The number of rotatable bonds is 3. The topological polar surface area (TPSA) is 197 Å². The van der Waals surface area contributed by atoms with E-state index in [1.165, 1.54) is 29.1 Å². The van der Waals surface area contributed by atoms with Gasteiger partial charge in [0.2, 0.25) is 17.8 Å². The molecule has 0 unspecified atom stereocenters. The van der Waals surface area contributed by atoms with Gasteiger partial charge in [0.1, 0.15) is 18.2 Å². The standard InChI is InChI=1S/C11H9N13O/c1-25-9-5-8(19-11(13)20-9)24(3-16-5)23-2-15-4-6(21-22-14)17-10(12)18-7(4)23/h2-3H,1H3,(H2,12,17,18)(H2,13,19,20). The van der Waals surface area contributed by atoms with Crippen molar-refractivity contribution in [3.8, 4) is 5.88 Å². The Kier molecular flexibility index (Phi) is 2.98. The molecule has 4 N–H and O–H groups in total. The minimum absolute atomic E-state index is 0.0134. The van der Waals surface area contributed by atoms with Crippen LogP contribution in [0.4, 0.5) is 17.7 Å². The highest BCUT2D eigenvalue weighted by atomic mass is 16.5. The number of hydrogen-bond donors (Lipinski definition) is 2. The van der Waals surface area contributed by atoms with Crippen molar-refractivity contribution in [3.05, 3.63) is 23.1 Å². The van der Waals surface area contributed by atoms with Crippen LogP contribution in [0.25, 0.3) is 32.8 Å². The number of ether oxygens (including phenoxy) is 1. The lowest BCUT2D eigenvalue weighted by Crippen LogP contribution is -2.10. The van der Waals surface area contributed by atoms with Gasteiger partial charge in [0.25, 0.3) is 0 Å². The Hall–Kier alpha value is -4.19. The van der Waals surface area contributed by atoms with Gasteiger partial charge in [0.15, 0.2) is 22.6 Å². The summed E-state index contributed by atoms with van der Waals surface area (Å²) < 4.78 is 8.19. The van der Waals surface area contributed by atoms with Crippen molar-refractivity contribution in [2.45, 2.75) is 0 Å². The van der Waals surface area contributed by atoms with Crippen molar-refractivity contribution in [1.82, 2.24) is 39.3 Å². The minimum atomic E-state index is -0.0761. The van der Waals surface area contributed by atoms with Crippen LogP contribution in [-0.2, 0) is 0 Å². The maximum Gasteiger partial charge on any atom is 0.247 e. The number of aromatic nitrogens is 8. The molecule has 0 aliphatic heterocycles. The number of methoxy groups -OCH3 is 1. The Morgan fingerprint density at radius 3 is 2.24 bits per heavy atom. The quantitative estimate of drug-likeness (QED) is 0.301. The monoisotopic (exact) mass is 339 g/mol. The predicted molar refractivity (Wildman–Crippen MR) is 85.6 cm³/mol. The van der Waals surface area contributed by atoms with Gasteiger partial charge in [-0.15, -0.1) is 0 Å². The van der Waals surface area contributed by atoms with Crippen LogP contribution in [-0.4, -0.2) is 46.4 Å². The van der Waals surface area contributed by atoms with Gasteiger partial charge in [-0.3, -0.25) is 0 Å². The van der Waals surface area contributed by atoms with E-state index in [0.717, 1.165) is 0 Å². The van der Waals surface area contributed by atoms with Gasteiger partial charge in [-0.25, -0.2) is 24.3 Å². The molecule has 0 amide bonds. The van der Waals surface area contributed by atoms with Crippen LogP contribution in [0, 0.1) is 0 Å². The normalized spacial score (nSPS) is 10.9. The number of imidazole rings is 2. The molecule has 14 heteroatoms. The van der Waals surface area contributed by atoms with Gasteiger partial charge < -0.3 is 16.2 Å². The first-order valence-corrected chi connectivity index (χ1v) is 6.73. The van der Waals surface area contributed by atoms with Crippen molar-refractivity contribution >= 4 is 40.0 Å². The average Bonchev–Trinajstić information content (AvgIpc) is 3.18. The third-order valence-electron chi connectivity index (χ3n) is 3.31. The van der Waals surface area contributed by atoms with Crippen LogP contribution >= 0.6 is 0 Å². The highest BCUT2D eigenvalue weighted by molar-refractivity contribution is 5.83. The second-order valence-electron chi connectivity index (χ2n) is 4.71. The summed E-state index contributed by atoms with van der Waals surface area (Å²) in [5, 5.41) is 3.48. The molecular formula is C11H9N13O. The number of anilines is 2. The van der Waals surface area contributed by atoms with E-state index in [0.29, 0.717) is 16.8 Å². The fourth-order valence-corrected chi connectivity index (χ4v) is 2.34. The van der Waals surface area contributed by atoms with Crippen LogP contribution in [0.3, 0.4) is 0 Å². The second-order valence-corrected chi connectivity index (χ2v) is 4.71. The summed E-state index contributed by atoms with van der Waals surface area (Å²) >= 11 is 0. The predicted octanol–water partition coefficient (Wildman–Crippen LogP) is 0.392. The first kappa shape index (κ1) is 14.4. The van der Waals surface area contributed by atoms with Crippen molar-refractivity contribution in [1.29, 1.82) is 0 Å². The molecule has 0 saturated carbocycles. The molecule has 0 bridgehead atoms. The lowest BCUT2D eigenvalue weighted by atomic mass is 10.5. The van der Waals surface area contributed by atoms with E-state index in [4.69, 9.17) is 21.7 Å². The zero-order chi connectivity index (χ0) is 17.6. The second kappa shape index (κ2) is 5.17. The van der Waals surface area contributed by atoms with Crippen molar-refractivity contribution in [2.24, 2.45) is 5.11 Å². The maximum absolute atomic E-state index is 8.65. The molecule has 0 radical (unpaired) electrons. The zero-order valence-corrected chi connectivity index (χ0v) is 12.6. The molecule has 4 rings (SSSR count). The zero-order valence-electron chi connectivity index (χ0n) is 12.6. The number of hydrogen-bond acceptors (Lipinski definition) is 10. The first-order chi connectivity index (χ1) is 12.1. The SMILES string of the molecule is COc1nc(N)nc2c1ncn2-n1cnc2c(N=[N+]=[N-])nc(N)nc21. The lowest BCUT2D eigenvalue weighted by Gasteiger charge is -2.06. The van der Waals surface area contributed by atoms with E-state index < -0.39 is 0 Å². The van der Waals surface area contributed by atoms with Gasteiger partial charge in [-0.05, 0) is 10.6 Å². The summed E-state index contributed by atoms with van der Waals surface area (Å²) in [6, 6.07) is 0. The Bertz CT molecular complexity index is 1170. The van der Waals surface area contributed by atoms with E-state index in [1.54, 1.807) is 0 Å². The molecule has 0 aliphatic carbocycles. The number of nitrogen functional groups attached to an aromatic ring is 2.